The highest BCUT2D eigenvalue weighted by atomic mass is 32.2. The van der Waals surface area contributed by atoms with Gasteiger partial charge < -0.3 is 15.5 Å². The fourth-order valence-electron chi connectivity index (χ4n) is 4.45. The highest BCUT2D eigenvalue weighted by Crippen LogP contribution is 2.44. The predicted molar refractivity (Wildman–Crippen MR) is 123 cm³/mol. The normalized spacial score (nSPS) is 19.8. The molecule has 1 fully saturated rings. The quantitative estimate of drug-likeness (QED) is 0.733. The molecule has 1 aromatic carbocycles. The van der Waals surface area contributed by atoms with Gasteiger partial charge in [-0.3, -0.25) is 4.79 Å². The maximum absolute atomic E-state index is 13.9. The topological polar surface area (TPSA) is 75.4 Å². The molecule has 9 heteroatoms. The number of nitrogens with two attached hydrogens (primary N) is 1. The van der Waals surface area contributed by atoms with E-state index < -0.39 is 23.1 Å². The van der Waals surface area contributed by atoms with Gasteiger partial charge in [0.25, 0.3) is 0 Å². The molecule has 4 rings (SSSR count). The van der Waals surface area contributed by atoms with Gasteiger partial charge in [0.1, 0.15) is 12.1 Å². The minimum atomic E-state index is -0.954. The van der Waals surface area contributed by atoms with Gasteiger partial charge in [-0.25, -0.2) is 18.7 Å². The van der Waals surface area contributed by atoms with E-state index in [1.807, 2.05) is 25.6 Å². The first-order valence-corrected chi connectivity index (χ1v) is 11.9. The summed E-state index contributed by atoms with van der Waals surface area (Å²) in [5.74, 6) is -0.757. The van der Waals surface area contributed by atoms with Crippen molar-refractivity contribution >= 4 is 23.5 Å². The number of rotatable bonds is 5. The molecule has 1 amide bonds. The summed E-state index contributed by atoms with van der Waals surface area (Å²) in [5, 5.41) is 0.352. The Morgan fingerprint density at radius 2 is 1.94 bits per heavy atom. The molecule has 0 aliphatic carbocycles. The van der Waals surface area contributed by atoms with Crippen LogP contribution in [0.5, 0.6) is 0 Å². The number of fused-ring (bicyclic) bond motifs is 1. The Balaban J connectivity index is 1.51. The monoisotopic (exact) mass is 461 g/mol. The van der Waals surface area contributed by atoms with Gasteiger partial charge >= 0.3 is 0 Å². The Morgan fingerprint density at radius 3 is 2.59 bits per heavy atom. The van der Waals surface area contributed by atoms with Crippen LogP contribution in [-0.4, -0.2) is 52.5 Å². The summed E-state index contributed by atoms with van der Waals surface area (Å²) >= 11 is 1.86. The Morgan fingerprint density at radius 1 is 1.22 bits per heavy atom. The number of hydrogen-bond donors (Lipinski definition) is 1. The van der Waals surface area contributed by atoms with Crippen molar-refractivity contribution in [3.05, 3.63) is 53.0 Å². The number of thioether (sulfide) groups is 1. The maximum atomic E-state index is 13.9. The number of anilines is 1. The van der Waals surface area contributed by atoms with Crippen molar-refractivity contribution in [2.45, 2.75) is 49.7 Å². The lowest BCUT2D eigenvalue weighted by molar-refractivity contribution is -0.133. The minimum absolute atomic E-state index is 0.106. The van der Waals surface area contributed by atoms with Gasteiger partial charge in [0.15, 0.2) is 11.6 Å². The van der Waals surface area contributed by atoms with E-state index in [-0.39, 0.29) is 5.91 Å². The summed E-state index contributed by atoms with van der Waals surface area (Å²) in [7, 11) is 0. The number of benzene rings is 1. The first-order chi connectivity index (χ1) is 15.1. The molecule has 32 heavy (non-hydrogen) atoms. The van der Waals surface area contributed by atoms with Crippen molar-refractivity contribution in [1.82, 2.24) is 14.9 Å². The van der Waals surface area contributed by atoms with Gasteiger partial charge in [-0.15, -0.1) is 11.8 Å². The number of nitrogens with zero attached hydrogens (tertiary/aromatic N) is 4. The SMILES string of the molecule is CC1SCc2ncnc(N3CCN(C(=O)C(CC(C)(C)N)c4ccc(F)c(F)c4)CC3)c21. The van der Waals surface area contributed by atoms with Gasteiger partial charge in [0, 0.05) is 48.3 Å². The number of carbonyl (C=O) groups is 1. The number of carbonyl (C=O) groups excluding carboxylic acids is 1. The van der Waals surface area contributed by atoms with E-state index >= 15 is 0 Å². The Bertz CT molecular complexity index is 1000. The van der Waals surface area contributed by atoms with Gasteiger partial charge in [-0.1, -0.05) is 6.07 Å². The highest BCUT2D eigenvalue weighted by Gasteiger charge is 2.34. The van der Waals surface area contributed by atoms with Gasteiger partial charge in [0.05, 0.1) is 11.6 Å². The zero-order chi connectivity index (χ0) is 23.0. The largest absolute Gasteiger partial charge is 0.353 e. The molecule has 6 nitrogen and oxygen atoms in total. The molecule has 2 N–H and O–H groups in total. The summed E-state index contributed by atoms with van der Waals surface area (Å²) in [6.07, 6.45) is 1.96. The number of halogens is 2. The van der Waals surface area contributed by atoms with E-state index in [9.17, 15) is 13.6 Å². The maximum Gasteiger partial charge on any atom is 0.230 e. The minimum Gasteiger partial charge on any atom is -0.353 e. The Kier molecular flexibility index (Phi) is 6.40. The zero-order valence-corrected chi connectivity index (χ0v) is 19.5. The van der Waals surface area contributed by atoms with Crippen LogP contribution >= 0.6 is 11.8 Å². The van der Waals surface area contributed by atoms with E-state index in [0.29, 0.717) is 43.4 Å². The smallest absolute Gasteiger partial charge is 0.230 e. The standard InChI is InChI=1S/C23H29F2N5OS/c1-14-20-19(12-32-14)27-13-28-21(20)29-6-8-30(9-7-29)22(31)16(11-23(2,3)26)15-4-5-17(24)18(25)10-15/h4-5,10,13-14,16H,6-9,11-12,26H2,1-3H3. The van der Waals surface area contributed by atoms with E-state index in [4.69, 9.17) is 5.73 Å². The van der Waals surface area contributed by atoms with E-state index in [1.54, 1.807) is 11.2 Å². The lowest BCUT2D eigenvalue weighted by atomic mass is 9.85. The molecule has 2 unspecified atom stereocenters. The van der Waals surface area contributed by atoms with Crippen molar-refractivity contribution in [3.8, 4) is 0 Å². The predicted octanol–water partition coefficient (Wildman–Crippen LogP) is 3.62. The third kappa shape index (κ3) is 4.73. The molecule has 2 aromatic rings. The molecule has 0 spiro atoms. The molecular formula is C23H29F2N5OS. The van der Waals surface area contributed by atoms with Crippen LogP contribution in [0.3, 0.4) is 0 Å². The lowest BCUT2D eigenvalue weighted by Crippen LogP contribution is -2.51. The summed E-state index contributed by atoms with van der Waals surface area (Å²) in [5.41, 5.74) is 8.31. The van der Waals surface area contributed by atoms with Crippen molar-refractivity contribution in [1.29, 1.82) is 0 Å². The Hall–Kier alpha value is -2.26. The van der Waals surface area contributed by atoms with Gasteiger partial charge in [-0.05, 0) is 44.9 Å². The summed E-state index contributed by atoms with van der Waals surface area (Å²) in [4.78, 5) is 26.4. The fourth-order valence-corrected chi connectivity index (χ4v) is 5.50. The average Bonchev–Trinajstić information content (AvgIpc) is 3.14. The molecule has 0 radical (unpaired) electrons. The molecule has 2 atom stereocenters. The Labute approximate surface area is 191 Å². The van der Waals surface area contributed by atoms with E-state index in [0.717, 1.165) is 29.4 Å². The molecule has 2 aliphatic heterocycles. The molecule has 2 aliphatic rings. The second-order valence-corrected chi connectivity index (χ2v) is 10.6. The summed E-state index contributed by atoms with van der Waals surface area (Å²) in [6, 6.07) is 3.66. The van der Waals surface area contributed by atoms with Crippen LogP contribution in [0.1, 0.15) is 55.2 Å². The van der Waals surface area contributed by atoms with Crippen molar-refractivity contribution < 1.29 is 13.6 Å². The van der Waals surface area contributed by atoms with Crippen LogP contribution in [0, 0.1) is 11.6 Å². The third-order valence-electron chi connectivity index (χ3n) is 6.09. The van der Waals surface area contributed by atoms with E-state index in [2.05, 4.69) is 21.8 Å². The van der Waals surface area contributed by atoms with Crippen molar-refractivity contribution in [2.24, 2.45) is 5.73 Å². The highest BCUT2D eigenvalue weighted by molar-refractivity contribution is 7.99. The zero-order valence-electron chi connectivity index (χ0n) is 18.6. The molecular weight excluding hydrogens is 432 g/mol. The van der Waals surface area contributed by atoms with Crippen LogP contribution in [0.25, 0.3) is 0 Å². The molecule has 0 saturated carbocycles. The number of piperazine rings is 1. The second-order valence-electron chi connectivity index (χ2n) is 9.24. The number of hydrogen-bond acceptors (Lipinski definition) is 6. The average molecular weight is 462 g/mol. The van der Waals surface area contributed by atoms with Gasteiger partial charge in [-0.2, -0.15) is 0 Å². The molecule has 1 aromatic heterocycles. The molecule has 172 valence electrons. The third-order valence-corrected chi connectivity index (χ3v) is 7.26. The second kappa shape index (κ2) is 8.94. The number of aromatic nitrogens is 2. The van der Waals surface area contributed by atoms with Crippen LogP contribution in [0.4, 0.5) is 14.6 Å². The molecule has 3 heterocycles. The molecule has 1 saturated heterocycles. The van der Waals surface area contributed by atoms with E-state index in [1.165, 1.54) is 11.6 Å². The van der Waals surface area contributed by atoms with Crippen molar-refractivity contribution in [2.75, 3.05) is 31.1 Å². The van der Waals surface area contributed by atoms with Crippen LogP contribution < -0.4 is 10.6 Å². The number of amides is 1. The first kappa shape index (κ1) is 22.9. The first-order valence-electron chi connectivity index (χ1n) is 10.9. The van der Waals surface area contributed by atoms with Crippen LogP contribution in [0.2, 0.25) is 0 Å². The lowest BCUT2D eigenvalue weighted by Gasteiger charge is -2.38. The van der Waals surface area contributed by atoms with Crippen molar-refractivity contribution in [3.63, 3.8) is 0 Å². The van der Waals surface area contributed by atoms with Gasteiger partial charge in [0.2, 0.25) is 5.91 Å². The fraction of sp³-hybridized carbons (Fsp3) is 0.522. The summed E-state index contributed by atoms with van der Waals surface area (Å²) < 4.78 is 27.4. The van der Waals surface area contributed by atoms with Crippen LogP contribution in [0.15, 0.2) is 24.5 Å². The van der Waals surface area contributed by atoms with Crippen LogP contribution in [-0.2, 0) is 10.5 Å². The summed E-state index contributed by atoms with van der Waals surface area (Å²) in [6.45, 7) is 8.21. The molecule has 0 bridgehead atoms.